The number of hydrogen-bond acceptors (Lipinski definition) is 5. The lowest BCUT2D eigenvalue weighted by Gasteiger charge is -2.09. The molecule has 140 valence electrons. The summed E-state index contributed by atoms with van der Waals surface area (Å²) in [5.41, 5.74) is 2.44. The fourth-order valence-corrected chi connectivity index (χ4v) is 3.52. The maximum Gasteiger partial charge on any atom is 0.295 e. The van der Waals surface area contributed by atoms with E-state index in [0.29, 0.717) is 17.3 Å². The van der Waals surface area contributed by atoms with Crippen molar-refractivity contribution in [3.63, 3.8) is 0 Å². The number of hydrogen-bond donors (Lipinski definition) is 1. The lowest BCUT2D eigenvalue weighted by molar-refractivity contribution is 0.101. The van der Waals surface area contributed by atoms with Gasteiger partial charge in [-0.1, -0.05) is 30.3 Å². The summed E-state index contributed by atoms with van der Waals surface area (Å²) in [6.45, 7) is 1.95. The summed E-state index contributed by atoms with van der Waals surface area (Å²) in [5.74, 6) is 0.912. The summed E-state index contributed by atoms with van der Waals surface area (Å²) in [6, 6.07) is 19.1. The molecule has 4 rings (SSSR count). The van der Waals surface area contributed by atoms with E-state index in [0.717, 1.165) is 16.1 Å². The molecule has 0 spiro atoms. The minimum absolute atomic E-state index is 0.0933. The smallest absolute Gasteiger partial charge is 0.295 e. The van der Waals surface area contributed by atoms with Crippen molar-refractivity contribution in [2.24, 2.45) is 0 Å². The van der Waals surface area contributed by atoms with Crippen LogP contribution in [0.2, 0.25) is 0 Å². The molecule has 2 aromatic heterocycles. The van der Waals surface area contributed by atoms with E-state index >= 15 is 0 Å². The Morgan fingerprint density at radius 2 is 1.93 bits per heavy atom. The number of ether oxygens (including phenoxy) is 1. The fourth-order valence-electron chi connectivity index (χ4n) is 2.82. The maximum atomic E-state index is 12.9. The molecule has 2 heterocycles. The van der Waals surface area contributed by atoms with Crippen LogP contribution in [0.1, 0.15) is 16.2 Å². The third-order valence-electron chi connectivity index (χ3n) is 4.16. The summed E-state index contributed by atoms with van der Waals surface area (Å²) in [4.78, 5) is 18.3. The highest BCUT2D eigenvalue weighted by molar-refractivity contribution is 7.13. The predicted molar refractivity (Wildman–Crippen MR) is 110 cm³/mol. The molecule has 4 aromatic rings. The molecule has 2 aromatic carbocycles. The SMILES string of the molecule is COc1ccc(C)cc1NC(=O)c1nc(-c2cccs2)n(-c2ccccc2)n1. The molecule has 28 heavy (non-hydrogen) atoms. The molecule has 6 nitrogen and oxygen atoms in total. The molecule has 0 radical (unpaired) electrons. The lowest BCUT2D eigenvalue weighted by Crippen LogP contribution is -2.15. The molecule has 0 saturated carbocycles. The van der Waals surface area contributed by atoms with Crippen molar-refractivity contribution in [1.29, 1.82) is 0 Å². The van der Waals surface area contributed by atoms with Gasteiger partial charge in [0.1, 0.15) is 5.75 Å². The van der Waals surface area contributed by atoms with E-state index in [1.165, 1.54) is 0 Å². The van der Waals surface area contributed by atoms with Gasteiger partial charge in [0.2, 0.25) is 5.82 Å². The Balaban J connectivity index is 1.73. The zero-order chi connectivity index (χ0) is 19.5. The lowest BCUT2D eigenvalue weighted by atomic mass is 10.2. The first kappa shape index (κ1) is 17.9. The van der Waals surface area contributed by atoms with Gasteiger partial charge >= 0.3 is 0 Å². The van der Waals surface area contributed by atoms with Gasteiger partial charge in [0.05, 0.1) is 23.4 Å². The number of methoxy groups -OCH3 is 1. The van der Waals surface area contributed by atoms with Crippen molar-refractivity contribution in [2.45, 2.75) is 6.92 Å². The Morgan fingerprint density at radius 1 is 1.11 bits per heavy atom. The van der Waals surface area contributed by atoms with Crippen molar-refractivity contribution in [1.82, 2.24) is 14.8 Å². The molecule has 0 aliphatic rings. The van der Waals surface area contributed by atoms with Gasteiger partial charge in [-0.05, 0) is 48.2 Å². The molecular formula is C21H18N4O2S. The second-order valence-corrected chi connectivity index (χ2v) is 7.09. The first-order valence-corrected chi connectivity index (χ1v) is 9.56. The van der Waals surface area contributed by atoms with E-state index in [1.807, 2.05) is 73.0 Å². The van der Waals surface area contributed by atoms with Crippen molar-refractivity contribution in [2.75, 3.05) is 12.4 Å². The Bertz CT molecular complexity index is 1100. The van der Waals surface area contributed by atoms with Crippen LogP contribution in [0.4, 0.5) is 5.69 Å². The molecular weight excluding hydrogens is 372 g/mol. The molecule has 7 heteroatoms. The minimum atomic E-state index is -0.392. The molecule has 0 atom stereocenters. The number of benzene rings is 2. The van der Waals surface area contributed by atoms with Gasteiger partial charge in [-0.15, -0.1) is 16.4 Å². The van der Waals surface area contributed by atoms with E-state index in [2.05, 4.69) is 15.4 Å². The number of nitrogens with zero attached hydrogens (tertiary/aromatic N) is 3. The largest absolute Gasteiger partial charge is 0.495 e. The van der Waals surface area contributed by atoms with Crippen molar-refractivity contribution >= 4 is 22.9 Å². The number of thiophene rings is 1. The van der Waals surface area contributed by atoms with Crippen LogP contribution in [0, 0.1) is 6.92 Å². The highest BCUT2D eigenvalue weighted by atomic mass is 32.1. The van der Waals surface area contributed by atoms with E-state index in [-0.39, 0.29) is 5.82 Å². The van der Waals surface area contributed by atoms with Gasteiger partial charge < -0.3 is 10.1 Å². The first-order chi connectivity index (χ1) is 13.7. The number of aryl methyl sites for hydroxylation is 1. The van der Waals surface area contributed by atoms with E-state index in [4.69, 9.17) is 4.74 Å². The molecule has 0 saturated heterocycles. The summed E-state index contributed by atoms with van der Waals surface area (Å²) >= 11 is 1.55. The van der Waals surface area contributed by atoms with Crippen molar-refractivity contribution < 1.29 is 9.53 Å². The molecule has 1 amide bonds. The van der Waals surface area contributed by atoms with Gasteiger partial charge in [0, 0.05) is 0 Å². The van der Waals surface area contributed by atoms with Crippen LogP contribution in [0.25, 0.3) is 16.4 Å². The highest BCUT2D eigenvalue weighted by Gasteiger charge is 2.20. The molecule has 0 unspecified atom stereocenters. The first-order valence-electron chi connectivity index (χ1n) is 8.68. The highest BCUT2D eigenvalue weighted by Crippen LogP contribution is 2.27. The Hall–Kier alpha value is -3.45. The van der Waals surface area contributed by atoms with Crippen molar-refractivity contribution in [3.8, 4) is 22.1 Å². The normalized spacial score (nSPS) is 10.6. The monoisotopic (exact) mass is 390 g/mol. The number of aromatic nitrogens is 3. The number of carbonyl (C=O) groups excluding carboxylic acids is 1. The second-order valence-electron chi connectivity index (χ2n) is 6.14. The molecule has 0 aliphatic heterocycles. The van der Waals surface area contributed by atoms with Crippen LogP contribution < -0.4 is 10.1 Å². The minimum Gasteiger partial charge on any atom is -0.495 e. The molecule has 1 N–H and O–H groups in total. The predicted octanol–water partition coefficient (Wildman–Crippen LogP) is 4.57. The van der Waals surface area contributed by atoms with Crippen LogP contribution in [0.15, 0.2) is 66.0 Å². The van der Waals surface area contributed by atoms with Crippen LogP contribution in [-0.4, -0.2) is 27.8 Å². The Kier molecular flexibility index (Phi) is 4.90. The zero-order valence-corrected chi connectivity index (χ0v) is 16.2. The van der Waals surface area contributed by atoms with Crippen LogP contribution in [-0.2, 0) is 0 Å². The third-order valence-corrected chi connectivity index (χ3v) is 5.02. The maximum absolute atomic E-state index is 12.9. The number of anilines is 1. The van der Waals surface area contributed by atoms with Gasteiger partial charge in [0.15, 0.2) is 5.82 Å². The van der Waals surface area contributed by atoms with Crippen LogP contribution in [0.5, 0.6) is 5.75 Å². The quantitative estimate of drug-likeness (QED) is 0.542. The van der Waals surface area contributed by atoms with E-state index < -0.39 is 5.91 Å². The summed E-state index contributed by atoms with van der Waals surface area (Å²) in [7, 11) is 1.57. The summed E-state index contributed by atoms with van der Waals surface area (Å²) in [5, 5.41) is 9.30. The van der Waals surface area contributed by atoms with Gasteiger partial charge in [-0.3, -0.25) is 4.79 Å². The number of para-hydroxylation sites is 1. The fraction of sp³-hybridized carbons (Fsp3) is 0.0952. The standard InChI is InChI=1S/C21H18N4O2S/c1-14-10-11-17(27-2)16(13-14)22-21(26)19-23-20(18-9-6-12-28-18)25(24-19)15-7-4-3-5-8-15/h3-13H,1-2H3,(H,22,26). The second kappa shape index (κ2) is 7.66. The van der Waals surface area contributed by atoms with Gasteiger partial charge in [0.25, 0.3) is 5.91 Å². The summed E-state index contributed by atoms with van der Waals surface area (Å²) < 4.78 is 7.02. The zero-order valence-electron chi connectivity index (χ0n) is 15.4. The number of nitrogens with one attached hydrogen (secondary N) is 1. The van der Waals surface area contributed by atoms with Gasteiger partial charge in [-0.2, -0.15) is 0 Å². The molecule has 0 aliphatic carbocycles. The summed E-state index contributed by atoms with van der Waals surface area (Å²) in [6.07, 6.45) is 0. The topological polar surface area (TPSA) is 69.0 Å². The van der Waals surface area contributed by atoms with Crippen molar-refractivity contribution in [3.05, 3.63) is 77.4 Å². The third kappa shape index (κ3) is 3.52. The van der Waals surface area contributed by atoms with Crippen LogP contribution in [0.3, 0.4) is 0 Å². The average Bonchev–Trinajstić information content (AvgIpc) is 3.38. The number of rotatable bonds is 5. The molecule has 0 bridgehead atoms. The van der Waals surface area contributed by atoms with Gasteiger partial charge in [-0.25, -0.2) is 9.67 Å². The number of amides is 1. The average molecular weight is 390 g/mol. The van der Waals surface area contributed by atoms with E-state index in [1.54, 1.807) is 23.1 Å². The Labute approximate surface area is 166 Å². The number of carbonyl (C=O) groups is 1. The van der Waals surface area contributed by atoms with Crippen LogP contribution >= 0.6 is 11.3 Å². The Morgan fingerprint density at radius 3 is 2.64 bits per heavy atom. The van der Waals surface area contributed by atoms with E-state index in [9.17, 15) is 4.79 Å². The molecule has 0 fully saturated rings.